The molecule has 2 heteroatoms. The highest BCUT2D eigenvalue weighted by Gasteiger charge is 1.94. The van der Waals surface area contributed by atoms with E-state index in [1.54, 1.807) is 6.07 Å². The number of phenols is 1. The van der Waals surface area contributed by atoms with Crippen LogP contribution in [0.25, 0.3) is 10.8 Å². The Morgan fingerprint density at radius 2 is 1.54 bits per heavy atom. The molecule has 0 spiro atoms. The van der Waals surface area contributed by atoms with E-state index in [0.717, 1.165) is 10.8 Å². The van der Waals surface area contributed by atoms with Gasteiger partial charge in [0.25, 0.3) is 0 Å². The van der Waals surface area contributed by atoms with Crippen molar-refractivity contribution in [3.8, 4) is 5.75 Å². The Kier molecular flexibility index (Phi) is 3.29. The fourth-order valence-electron chi connectivity index (χ4n) is 1.21. The molecule has 2 nitrogen and oxygen atoms in total. The van der Waals surface area contributed by atoms with Crippen molar-refractivity contribution in [2.45, 2.75) is 0 Å². The molecule has 0 aromatic heterocycles. The molecule has 2 aromatic carbocycles. The van der Waals surface area contributed by atoms with Crippen LogP contribution in [0.15, 0.2) is 42.5 Å². The van der Waals surface area contributed by atoms with Crippen molar-refractivity contribution in [3.63, 3.8) is 0 Å². The lowest BCUT2D eigenvalue weighted by atomic mass is 10.1. The van der Waals surface area contributed by atoms with Crippen LogP contribution in [0.3, 0.4) is 0 Å². The van der Waals surface area contributed by atoms with Crippen molar-refractivity contribution in [2.24, 2.45) is 5.73 Å². The number of benzene rings is 2. The molecule has 0 bridgehead atoms. The third kappa shape index (κ3) is 1.98. The Labute approximate surface area is 77.6 Å². The van der Waals surface area contributed by atoms with Crippen LogP contribution in [0, 0.1) is 0 Å². The summed E-state index contributed by atoms with van der Waals surface area (Å²) in [5.74, 6) is 0.350. The minimum absolute atomic E-state index is 0.350. The number of hydrogen-bond donors (Lipinski definition) is 2. The molecule has 0 aliphatic heterocycles. The van der Waals surface area contributed by atoms with Crippen LogP contribution in [-0.4, -0.2) is 12.2 Å². The van der Waals surface area contributed by atoms with Crippen molar-refractivity contribution in [1.29, 1.82) is 0 Å². The van der Waals surface area contributed by atoms with Crippen LogP contribution in [0.2, 0.25) is 0 Å². The zero-order chi connectivity index (χ0) is 9.68. The van der Waals surface area contributed by atoms with Gasteiger partial charge in [-0.1, -0.05) is 36.4 Å². The van der Waals surface area contributed by atoms with E-state index in [2.05, 4.69) is 5.73 Å². The number of nitrogens with two attached hydrogens (primary N) is 1. The molecule has 0 unspecified atom stereocenters. The Morgan fingerprint density at radius 3 is 2.23 bits per heavy atom. The molecule has 0 radical (unpaired) electrons. The van der Waals surface area contributed by atoms with Gasteiger partial charge in [-0.05, 0) is 18.5 Å². The van der Waals surface area contributed by atoms with E-state index in [-0.39, 0.29) is 0 Å². The zero-order valence-corrected chi connectivity index (χ0v) is 7.57. The molecular formula is C11H13NO. The van der Waals surface area contributed by atoms with E-state index >= 15 is 0 Å². The summed E-state index contributed by atoms with van der Waals surface area (Å²) in [7, 11) is 1.50. The summed E-state index contributed by atoms with van der Waals surface area (Å²) in [5, 5.41) is 11.4. The Bertz CT molecular complexity index is 379. The molecule has 2 aromatic rings. The lowest BCUT2D eigenvalue weighted by Crippen LogP contribution is -1.70. The van der Waals surface area contributed by atoms with Crippen molar-refractivity contribution in [1.82, 2.24) is 0 Å². The van der Waals surface area contributed by atoms with Gasteiger partial charge in [0.05, 0.1) is 0 Å². The van der Waals surface area contributed by atoms with E-state index in [1.165, 1.54) is 7.05 Å². The van der Waals surface area contributed by atoms with Crippen LogP contribution in [0.1, 0.15) is 0 Å². The number of fused-ring (bicyclic) bond motifs is 1. The topological polar surface area (TPSA) is 46.2 Å². The summed E-state index contributed by atoms with van der Waals surface area (Å²) in [4.78, 5) is 0. The summed E-state index contributed by atoms with van der Waals surface area (Å²) < 4.78 is 0. The van der Waals surface area contributed by atoms with Crippen molar-refractivity contribution in [3.05, 3.63) is 42.5 Å². The van der Waals surface area contributed by atoms with Gasteiger partial charge in [0.2, 0.25) is 0 Å². The molecule has 0 heterocycles. The number of hydrogen-bond acceptors (Lipinski definition) is 2. The first kappa shape index (κ1) is 9.55. The fraction of sp³-hybridized carbons (Fsp3) is 0.0909. The maximum Gasteiger partial charge on any atom is 0.123 e. The number of phenolic OH excluding ortho intramolecular Hbond substituents is 1. The predicted octanol–water partition coefficient (Wildman–Crippen LogP) is 2.12. The first-order valence-corrected chi connectivity index (χ1v) is 4.12. The van der Waals surface area contributed by atoms with Crippen LogP contribution in [0.4, 0.5) is 0 Å². The van der Waals surface area contributed by atoms with Crippen LogP contribution < -0.4 is 5.73 Å². The molecule has 2 rings (SSSR count). The van der Waals surface area contributed by atoms with E-state index < -0.39 is 0 Å². The van der Waals surface area contributed by atoms with Gasteiger partial charge < -0.3 is 10.8 Å². The second-order valence-corrected chi connectivity index (χ2v) is 2.50. The van der Waals surface area contributed by atoms with Crippen LogP contribution >= 0.6 is 0 Å². The lowest BCUT2D eigenvalue weighted by molar-refractivity contribution is 0.481. The maximum absolute atomic E-state index is 9.37. The van der Waals surface area contributed by atoms with Gasteiger partial charge in [-0.2, -0.15) is 0 Å². The standard InChI is InChI=1S/C10H8O.CH5N/c11-10-7-3-5-8-4-1-2-6-9(8)10;1-2/h1-7,11H;2H2,1H3. The largest absolute Gasteiger partial charge is 0.507 e. The summed E-state index contributed by atoms with van der Waals surface area (Å²) in [6.07, 6.45) is 0. The highest BCUT2D eigenvalue weighted by atomic mass is 16.3. The molecule has 0 aliphatic carbocycles. The van der Waals surface area contributed by atoms with Crippen LogP contribution in [-0.2, 0) is 0 Å². The van der Waals surface area contributed by atoms with Gasteiger partial charge in [-0.25, -0.2) is 0 Å². The SMILES string of the molecule is CN.Oc1cccc2ccccc12. The molecule has 0 fully saturated rings. The van der Waals surface area contributed by atoms with Gasteiger partial charge in [-0.3, -0.25) is 0 Å². The highest BCUT2D eigenvalue weighted by Crippen LogP contribution is 2.22. The zero-order valence-electron chi connectivity index (χ0n) is 7.57. The van der Waals surface area contributed by atoms with E-state index in [1.807, 2.05) is 36.4 Å². The lowest BCUT2D eigenvalue weighted by Gasteiger charge is -1.97. The summed E-state index contributed by atoms with van der Waals surface area (Å²) in [6, 6.07) is 13.3. The minimum atomic E-state index is 0.350. The molecular weight excluding hydrogens is 162 g/mol. The Morgan fingerprint density at radius 1 is 0.923 bits per heavy atom. The van der Waals surface area contributed by atoms with Crippen LogP contribution in [0.5, 0.6) is 5.75 Å². The molecule has 0 amide bonds. The minimum Gasteiger partial charge on any atom is -0.507 e. The first-order chi connectivity index (χ1) is 6.38. The molecule has 3 N–H and O–H groups in total. The average Bonchev–Trinajstić information content (AvgIpc) is 2.22. The molecule has 13 heavy (non-hydrogen) atoms. The van der Waals surface area contributed by atoms with E-state index in [4.69, 9.17) is 0 Å². The quantitative estimate of drug-likeness (QED) is 0.644. The first-order valence-electron chi connectivity index (χ1n) is 4.12. The van der Waals surface area contributed by atoms with Gasteiger partial charge in [-0.15, -0.1) is 0 Å². The molecule has 0 saturated heterocycles. The second kappa shape index (κ2) is 4.48. The molecule has 0 aliphatic rings. The third-order valence-electron chi connectivity index (χ3n) is 1.77. The summed E-state index contributed by atoms with van der Waals surface area (Å²) in [6.45, 7) is 0. The van der Waals surface area contributed by atoms with E-state index in [0.29, 0.717) is 5.75 Å². The van der Waals surface area contributed by atoms with Crippen molar-refractivity contribution < 1.29 is 5.11 Å². The fourth-order valence-corrected chi connectivity index (χ4v) is 1.21. The summed E-state index contributed by atoms with van der Waals surface area (Å²) in [5.41, 5.74) is 4.50. The molecule has 0 atom stereocenters. The maximum atomic E-state index is 9.37. The normalized spacial score (nSPS) is 9.08. The highest BCUT2D eigenvalue weighted by molar-refractivity contribution is 5.87. The van der Waals surface area contributed by atoms with E-state index in [9.17, 15) is 5.11 Å². The third-order valence-corrected chi connectivity index (χ3v) is 1.77. The predicted molar refractivity (Wildman–Crippen MR) is 55.7 cm³/mol. The van der Waals surface area contributed by atoms with Gasteiger partial charge >= 0.3 is 0 Å². The number of rotatable bonds is 0. The Hall–Kier alpha value is -1.54. The number of aromatic hydroxyl groups is 1. The van der Waals surface area contributed by atoms with Crippen molar-refractivity contribution >= 4 is 10.8 Å². The van der Waals surface area contributed by atoms with Gasteiger partial charge in [0.1, 0.15) is 5.75 Å². The van der Waals surface area contributed by atoms with Gasteiger partial charge in [0.15, 0.2) is 0 Å². The molecule has 68 valence electrons. The Balaban J connectivity index is 0.000000396. The molecule has 0 saturated carbocycles. The average molecular weight is 175 g/mol. The van der Waals surface area contributed by atoms with Gasteiger partial charge in [0, 0.05) is 5.39 Å². The van der Waals surface area contributed by atoms with Crippen molar-refractivity contribution in [2.75, 3.05) is 7.05 Å². The summed E-state index contributed by atoms with van der Waals surface area (Å²) >= 11 is 0. The second-order valence-electron chi connectivity index (χ2n) is 2.50. The smallest absolute Gasteiger partial charge is 0.123 e. The monoisotopic (exact) mass is 175 g/mol.